The summed E-state index contributed by atoms with van der Waals surface area (Å²) in [7, 11) is 0. The van der Waals surface area contributed by atoms with Crippen molar-refractivity contribution in [2.75, 3.05) is 26.4 Å². The minimum atomic E-state index is -0.125. The summed E-state index contributed by atoms with van der Waals surface area (Å²) in [4.78, 5) is 12.0. The maximum atomic E-state index is 12.0. The highest BCUT2D eigenvalue weighted by molar-refractivity contribution is 9.10. The first-order valence-corrected chi connectivity index (χ1v) is 7.49. The highest BCUT2D eigenvalue weighted by atomic mass is 79.9. The number of hydrogen-bond acceptors (Lipinski definition) is 3. The van der Waals surface area contributed by atoms with Crippen LogP contribution in [-0.2, 0) is 9.53 Å². The molecule has 5 heteroatoms. The SMILES string of the molecule is C=C(C)COCCNC(=O)C1=Cc2cc(Br)ccc2OC1. The van der Waals surface area contributed by atoms with Gasteiger partial charge in [0.2, 0.25) is 0 Å². The summed E-state index contributed by atoms with van der Waals surface area (Å²) in [5.41, 5.74) is 2.48. The Morgan fingerprint density at radius 1 is 1.52 bits per heavy atom. The molecule has 1 aromatic carbocycles. The lowest BCUT2D eigenvalue weighted by molar-refractivity contribution is -0.118. The van der Waals surface area contributed by atoms with E-state index >= 15 is 0 Å². The van der Waals surface area contributed by atoms with E-state index < -0.39 is 0 Å². The highest BCUT2D eigenvalue weighted by Crippen LogP contribution is 2.29. The van der Waals surface area contributed by atoms with Crippen molar-refractivity contribution in [3.8, 4) is 5.75 Å². The number of fused-ring (bicyclic) bond motifs is 1. The van der Waals surface area contributed by atoms with Crippen LogP contribution in [0, 0.1) is 0 Å². The van der Waals surface area contributed by atoms with E-state index in [1.54, 1.807) is 0 Å². The van der Waals surface area contributed by atoms with Crippen LogP contribution in [0.2, 0.25) is 0 Å². The van der Waals surface area contributed by atoms with E-state index in [1.807, 2.05) is 31.2 Å². The second kappa shape index (κ2) is 7.43. The Balaban J connectivity index is 1.87. The van der Waals surface area contributed by atoms with Gasteiger partial charge in [0, 0.05) is 16.6 Å². The summed E-state index contributed by atoms with van der Waals surface area (Å²) in [6.07, 6.45) is 1.85. The number of halogens is 1. The second-order valence-electron chi connectivity index (χ2n) is 4.91. The smallest absolute Gasteiger partial charge is 0.250 e. The number of nitrogens with one attached hydrogen (secondary N) is 1. The zero-order valence-electron chi connectivity index (χ0n) is 11.9. The maximum absolute atomic E-state index is 12.0. The number of amides is 1. The van der Waals surface area contributed by atoms with E-state index in [0.717, 1.165) is 21.4 Å². The fourth-order valence-corrected chi connectivity index (χ4v) is 2.25. The van der Waals surface area contributed by atoms with Crippen molar-refractivity contribution >= 4 is 27.9 Å². The number of benzene rings is 1. The minimum absolute atomic E-state index is 0.125. The number of rotatable bonds is 6. The normalized spacial score (nSPS) is 13.0. The predicted octanol–water partition coefficient (Wildman–Crippen LogP) is 2.93. The average Bonchev–Trinajstić information content (AvgIpc) is 2.45. The lowest BCUT2D eigenvalue weighted by Gasteiger charge is -2.17. The Labute approximate surface area is 133 Å². The van der Waals surface area contributed by atoms with Crippen molar-refractivity contribution < 1.29 is 14.3 Å². The monoisotopic (exact) mass is 351 g/mol. The van der Waals surface area contributed by atoms with Crippen molar-refractivity contribution in [1.82, 2.24) is 5.32 Å². The van der Waals surface area contributed by atoms with Crippen LogP contribution in [0.5, 0.6) is 5.75 Å². The quantitative estimate of drug-likeness (QED) is 0.633. The van der Waals surface area contributed by atoms with Crippen LogP contribution in [0.3, 0.4) is 0 Å². The van der Waals surface area contributed by atoms with Gasteiger partial charge in [-0.15, -0.1) is 0 Å². The van der Waals surface area contributed by atoms with Crippen LogP contribution in [0.1, 0.15) is 12.5 Å². The molecule has 0 atom stereocenters. The van der Waals surface area contributed by atoms with Crippen LogP contribution in [-0.4, -0.2) is 32.3 Å². The maximum Gasteiger partial charge on any atom is 0.250 e. The van der Waals surface area contributed by atoms with E-state index in [9.17, 15) is 4.79 Å². The molecule has 0 aliphatic carbocycles. The number of hydrogen-bond donors (Lipinski definition) is 1. The minimum Gasteiger partial charge on any atom is -0.488 e. The van der Waals surface area contributed by atoms with Crippen molar-refractivity contribution in [1.29, 1.82) is 0 Å². The van der Waals surface area contributed by atoms with Gasteiger partial charge in [-0.1, -0.05) is 28.1 Å². The van der Waals surface area contributed by atoms with Gasteiger partial charge in [0.15, 0.2) is 0 Å². The lowest BCUT2D eigenvalue weighted by atomic mass is 10.1. The molecular formula is C16H18BrNO3. The first-order valence-electron chi connectivity index (χ1n) is 6.69. The Hall–Kier alpha value is -1.59. The molecule has 112 valence electrons. The molecule has 1 aromatic rings. The van der Waals surface area contributed by atoms with E-state index in [0.29, 0.717) is 25.3 Å². The molecule has 0 spiro atoms. The predicted molar refractivity (Wildman–Crippen MR) is 86.3 cm³/mol. The summed E-state index contributed by atoms with van der Waals surface area (Å²) in [5.74, 6) is 0.666. The standard InChI is InChI=1S/C16H18BrNO3/c1-11(2)9-20-6-5-18-16(19)13-7-12-8-14(17)3-4-15(12)21-10-13/h3-4,7-8H,1,5-6,9-10H2,2H3,(H,18,19). The average molecular weight is 352 g/mol. The van der Waals surface area contributed by atoms with Gasteiger partial charge in [-0.05, 0) is 31.2 Å². The molecule has 0 radical (unpaired) electrons. The second-order valence-corrected chi connectivity index (χ2v) is 5.82. The summed E-state index contributed by atoms with van der Waals surface area (Å²) in [6.45, 7) is 7.38. The summed E-state index contributed by atoms with van der Waals surface area (Å²) in [6, 6.07) is 5.73. The summed E-state index contributed by atoms with van der Waals surface area (Å²) in [5, 5.41) is 2.82. The number of ether oxygens (including phenoxy) is 2. The van der Waals surface area contributed by atoms with Gasteiger partial charge in [-0.25, -0.2) is 0 Å². The third-order valence-corrected chi connectivity index (χ3v) is 3.35. The molecule has 0 saturated carbocycles. The zero-order valence-corrected chi connectivity index (χ0v) is 13.5. The van der Waals surface area contributed by atoms with Gasteiger partial charge in [-0.2, -0.15) is 0 Å². The Morgan fingerprint density at radius 3 is 3.10 bits per heavy atom. The van der Waals surface area contributed by atoms with Crippen LogP contribution < -0.4 is 10.1 Å². The molecule has 1 aliphatic heterocycles. The van der Waals surface area contributed by atoms with Crippen LogP contribution in [0.25, 0.3) is 6.08 Å². The fraction of sp³-hybridized carbons (Fsp3) is 0.312. The molecule has 1 heterocycles. The zero-order chi connectivity index (χ0) is 15.2. The number of carbonyl (C=O) groups excluding carboxylic acids is 1. The highest BCUT2D eigenvalue weighted by Gasteiger charge is 2.16. The molecule has 2 rings (SSSR count). The number of carbonyl (C=O) groups is 1. The van der Waals surface area contributed by atoms with Crippen LogP contribution in [0.4, 0.5) is 0 Å². The molecule has 0 aromatic heterocycles. The first kappa shape index (κ1) is 15.8. The first-order chi connectivity index (χ1) is 10.1. The van der Waals surface area contributed by atoms with E-state index in [-0.39, 0.29) is 12.5 Å². The molecule has 0 unspecified atom stereocenters. The third kappa shape index (κ3) is 4.72. The third-order valence-electron chi connectivity index (χ3n) is 2.86. The molecule has 0 saturated heterocycles. The van der Waals surface area contributed by atoms with Crippen LogP contribution in [0.15, 0.2) is 40.4 Å². The Bertz CT molecular complexity index is 581. The molecule has 21 heavy (non-hydrogen) atoms. The van der Waals surface area contributed by atoms with Crippen molar-refractivity contribution in [3.63, 3.8) is 0 Å². The van der Waals surface area contributed by atoms with Gasteiger partial charge in [0.05, 0.1) is 18.8 Å². The molecule has 1 N–H and O–H groups in total. The summed E-state index contributed by atoms with van der Waals surface area (Å²) < 4.78 is 11.9. The molecule has 0 bridgehead atoms. The van der Waals surface area contributed by atoms with Crippen LogP contribution >= 0.6 is 15.9 Å². The lowest BCUT2D eigenvalue weighted by Crippen LogP contribution is -2.31. The molecule has 0 fully saturated rings. The van der Waals surface area contributed by atoms with E-state index in [4.69, 9.17) is 9.47 Å². The van der Waals surface area contributed by atoms with E-state index in [2.05, 4.69) is 27.8 Å². The van der Waals surface area contributed by atoms with Gasteiger partial charge in [-0.3, -0.25) is 4.79 Å². The molecule has 1 aliphatic rings. The Morgan fingerprint density at radius 2 is 2.33 bits per heavy atom. The fourth-order valence-electron chi connectivity index (χ4n) is 1.88. The van der Waals surface area contributed by atoms with Crippen molar-refractivity contribution in [3.05, 3.63) is 46.0 Å². The largest absolute Gasteiger partial charge is 0.488 e. The molecule has 1 amide bonds. The van der Waals surface area contributed by atoms with Gasteiger partial charge in [0.25, 0.3) is 5.91 Å². The Kier molecular flexibility index (Phi) is 5.59. The van der Waals surface area contributed by atoms with Crippen molar-refractivity contribution in [2.24, 2.45) is 0 Å². The molecule has 4 nitrogen and oxygen atoms in total. The van der Waals surface area contributed by atoms with Gasteiger partial charge in [0.1, 0.15) is 12.4 Å². The summed E-state index contributed by atoms with van der Waals surface area (Å²) >= 11 is 3.41. The van der Waals surface area contributed by atoms with Gasteiger partial charge >= 0.3 is 0 Å². The van der Waals surface area contributed by atoms with Gasteiger partial charge < -0.3 is 14.8 Å². The van der Waals surface area contributed by atoms with E-state index in [1.165, 1.54) is 0 Å². The topological polar surface area (TPSA) is 47.6 Å². The van der Waals surface area contributed by atoms with Crippen molar-refractivity contribution in [2.45, 2.75) is 6.92 Å². The molecular weight excluding hydrogens is 334 g/mol.